The van der Waals surface area contributed by atoms with Gasteiger partial charge in [0.15, 0.2) is 0 Å². The predicted octanol–water partition coefficient (Wildman–Crippen LogP) is 4.70. The first-order chi connectivity index (χ1) is 8.43. The van der Waals surface area contributed by atoms with Gasteiger partial charge in [-0.05, 0) is 25.7 Å². The average molecular weight is 236 g/mol. The fraction of sp³-hybridized carbons (Fsp3) is 0.875. The molecule has 1 rings (SSSR count). The molecule has 0 radical (unpaired) electrons. The summed E-state index contributed by atoms with van der Waals surface area (Å²) in [6.45, 7) is 3.18. The Balaban J connectivity index is 1.87. The van der Waals surface area contributed by atoms with E-state index in [1.807, 2.05) is 0 Å². The van der Waals surface area contributed by atoms with Crippen molar-refractivity contribution in [1.29, 1.82) is 0 Å². The molecule has 0 spiro atoms. The Kier molecular flexibility index (Phi) is 9.14. The smallest absolute Gasteiger partial charge is 0.118 e. The van der Waals surface area contributed by atoms with Gasteiger partial charge in [0, 0.05) is 13.0 Å². The largest absolute Gasteiger partial charge is 0.366 e. The Labute approximate surface area is 107 Å². The standard InChI is InChI=1S/C16H28O/c1-2-3-4-5-6-7-8-9-10-13-16-14-11-12-15-17-16/h16H,2-9,11-12,14-15H2,1H3. The number of rotatable bonds is 7. The third-order valence-electron chi connectivity index (χ3n) is 3.35. The summed E-state index contributed by atoms with van der Waals surface area (Å²) >= 11 is 0. The highest BCUT2D eigenvalue weighted by atomic mass is 16.5. The minimum absolute atomic E-state index is 0.244. The van der Waals surface area contributed by atoms with E-state index in [2.05, 4.69) is 18.8 Å². The Morgan fingerprint density at radius 3 is 2.47 bits per heavy atom. The van der Waals surface area contributed by atoms with Crippen LogP contribution in [0.3, 0.4) is 0 Å². The average Bonchev–Trinajstić information content (AvgIpc) is 2.38. The van der Waals surface area contributed by atoms with Gasteiger partial charge < -0.3 is 4.74 Å². The molecule has 1 heteroatoms. The van der Waals surface area contributed by atoms with Gasteiger partial charge in [-0.15, -0.1) is 5.92 Å². The van der Waals surface area contributed by atoms with Crippen molar-refractivity contribution in [3.63, 3.8) is 0 Å². The van der Waals surface area contributed by atoms with Gasteiger partial charge in [0.25, 0.3) is 0 Å². The van der Waals surface area contributed by atoms with Gasteiger partial charge in [-0.2, -0.15) is 0 Å². The van der Waals surface area contributed by atoms with Crippen LogP contribution in [0.2, 0.25) is 0 Å². The van der Waals surface area contributed by atoms with E-state index in [4.69, 9.17) is 4.74 Å². The number of hydrogen-bond acceptors (Lipinski definition) is 1. The van der Waals surface area contributed by atoms with Crippen LogP contribution < -0.4 is 0 Å². The van der Waals surface area contributed by atoms with Gasteiger partial charge in [-0.3, -0.25) is 0 Å². The third-order valence-corrected chi connectivity index (χ3v) is 3.35. The van der Waals surface area contributed by atoms with Crippen molar-refractivity contribution in [3.8, 4) is 11.8 Å². The van der Waals surface area contributed by atoms with Gasteiger partial charge in [0.1, 0.15) is 6.10 Å². The van der Waals surface area contributed by atoms with Crippen molar-refractivity contribution in [2.45, 2.75) is 83.7 Å². The second-order valence-electron chi connectivity index (χ2n) is 5.05. The number of ether oxygens (including phenoxy) is 1. The van der Waals surface area contributed by atoms with Gasteiger partial charge in [0.05, 0.1) is 0 Å². The molecule has 0 bridgehead atoms. The second kappa shape index (κ2) is 10.7. The zero-order chi connectivity index (χ0) is 12.2. The van der Waals surface area contributed by atoms with E-state index in [-0.39, 0.29) is 6.10 Å². The minimum atomic E-state index is 0.244. The SMILES string of the molecule is CCCCCCCCCC#CC1CCCCO1. The molecule has 0 aliphatic carbocycles. The van der Waals surface area contributed by atoms with E-state index >= 15 is 0 Å². The maximum absolute atomic E-state index is 5.58. The van der Waals surface area contributed by atoms with Crippen molar-refractivity contribution in [2.75, 3.05) is 6.61 Å². The lowest BCUT2D eigenvalue weighted by Gasteiger charge is -2.17. The maximum atomic E-state index is 5.58. The normalized spacial score (nSPS) is 19.7. The molecule has 98 valence electrons. The van der Waals surface area contributed by atoms with Crippen LogP contribution in [-0.4, -0.2) is 12.7 Å². The highest BCUT2D eigenvalue weighted by Gasteiger charge is 2.09. The Hall–Kier alpha value is -0.480. The second-order valence-corrected chi connectivity index (χ2v) is 5.05. The molecule has 1 fully saturated rings. The fourth-order valence-corrected chi connectivity index (χ4v) is 2.21. The zero-order valence-electron chi connectivity index (χ0n) is 11.5. The molecule has 1 atom stereocenters. The first kappa shape index (κ1) is 14.6. The summed E-state index contributed by atoms with van der Waals surface area (Å²) < 4.78 is 5.58. The van der Waals surface area contributed by atoms with Crippen molar-refractivity contribution in [2.24, 2.45) is 0 Å². The van der Waals surface area contributed by atoms with Crippen LogP contribution in [0, 0.1) is 11.8 Å². The van der Waals surface area contributed by atoms with E-state index in [1.54, 1.807) is 0 Å². The quantitative estimate of drug-likeness (QED) is 0.460. The van der Waals surface area contributed by atoms with Crippen LogP contribution in [0.15, 0.2) is 0 Å². The summed E-state index contributed by atoms with van der Waals surface area (Å²) in [6.07, 6.45) is 14.5. The lowest BCUT2D eigenvalue weighted by atomic mass is 10.1. The Morgan fingerprint density at radius 2 is 1.76 bits per heavy atom. The molecular formula is C16H28O. The number of hydrogen-bond donors (Lipinski definition) is 0. The Bertz CT molecular complexity index is 217. The molecule has 0 amide bonds. The van der Waals surface area contributed by atoms with E-state index in [0.29, 0.717) is 0 Å². The van der Waals surface area contributed by atoms with Crippen molar-refractivity contribution < 1.29 is 4.74 Å². The molecule has 1 heterocycles. The fourth-order valence-electron chi connectivity index (χ4n) is 2.21. The topological polar surface area (TPSA) is 9.23 Å². The van der Waals surface area contributed by atoms with Gasteiger partial charge in [-0.25, -0.2) is 0 Å². The molecule has 0 aromatic carbocycles. The summed E-state index contributed by atoms with van der Waals surface area (Å²) in [6, 6.07) is 0. The van der Waals surface area contributed by atoms with Gasteiger partial charge >= 0.3 is 0 Å². The molecule has 0 saturated carbocycles. The van der Waals surface area contributed by atoms with E-state index in [1.165, 1.54) is 57.8 Å². The molecular weight excluding hydrogens is 208 g/mol. The van der Waals surface area contributed by atoms with Crippen LogP contribution in [0.1, 0.15) is 77.6 Å². The number of unbranched alkanes of at least 4 members (excludes halogenated alkanes) is 7. The predicted molar refractivity (Wildman–Crippen MR) is 74.0 cm³/mol. The summed E-state index contributed by atoms with van der Waals surface area (Å²) in [7, 11) is 0. The van der Waals surface area contributed by atoms with E-state index < -0.39 is 0 Å². The molecule has 1 aliphatic rings. The summed E-state index contributed by atoms with van der Waals surface area (Å²) in [4.78, 5) is 0. The van der Waals surface area contributed by atoms with Crippen LogP contribution in [-0.2, 0) is 4.74 Å². The monoisotopic (exact) mass is 236 g/mol. The molecule has 1 saturated heterocycles. The highest BCUT2D eigenvalue weighted by Crippen LogP contribution is 2.12. The van der Waals surface area contributed by atoms with E-state index in [0.717, 1.165) is 19.4 Å². The molecule has 17 heavy (non-hydrogen) atoms. The third kappa shape index (κ3) is 8.27. The van der Waals surface area contributed by atoms with E-state index in [9.17, 15) is 0 Å². The Morgan fingerprint density at radius 1 is 1.00 bits per heavy atom. The summed E-state index contributed by atoms with van der Waals surface area (Å²) in [5.74, 6) is 6.54. The lowest BCUT2D eigenvalue weighted by Crippen LogP contribution is -2.16. The van der Waals surface area contributed by atoms with Crippen LogP contribution in [0.5, 0.6) is 0 Å². The molecule has 0 aromatic rings. The molecule has 1 unspecified atom stereocenters. The molecule has 1 nitrogen and oxygen atoms in total. The lowest BCUT2D eigenvalue weighted by molar-refractivity contribution is 0.0525. The summed E-state index contributed by atoms with van der Waals surface area (Å²) in [5.41, 5.74) is 0. The first-order valence-electron chi connectivity index (χ1n) is 7.53. The van der Waals surface area contributed by atoms with Crippen molar-refractivity contribution in [3.05, 3.63) is 0 Å². The van der Waals surface area contributed by atoms with Crippen LogP contribution in [0.4, 0.5) is 0 Å². The highest BCUT2D eigenvalue weighted by molar-refractivity contribution is 5.05. The van der Waals surface area contributed by atoms with Gasteiger partial charge in [-0.1, -0.05) is 51.4 Å². The van der Waals surface area contributed by atoms with Crippen LogP contribution in [0.25, 0.3) is 0 Å². The first-order valence-corrected chi connectivity index (χ1v) is 7.53. The zero-order valence-corrected chi connectivity index (χ0v) is 11.5. The van der Waals surface area contributed by atoms with Crippen molar-refractivity contribution in [1.82, 2.24) is 0 Å². The summed E-state index contributed by atoms with van der Waals surface area (Å²) in [5, 5.41) is 0. The van der Waals surface area contributed by atoms with Crippen molar-refractivity contribution >= 4 is 0 Å². The van der Waals surface area contributed by atoms with Crippen LogP contribution >= 0.6 is 0 Å². The van der Waals surface area contributed by atoms with Gasteiger partial charge in [0.2, 0.25) is 0 Å². The minimum Gasteiger partial charge on any atom is -0.366 e. The maximum Gasteiger partial charge on any atom is 0.118 e. The molecule has 0 N–H and O–H groups in total. The molecule has 1 aliphatic heterocycles. The molecule has 0 aromatic heterocycles.